The van der Waals surface area contributed by atoms with Crippen molar-refractivity contribution in [2.24, 2.45) is 0 Å². The summed E-state index contributed by atoms with van der Waals surface area (Å²) in [6.45, 7) is 0. The van der Waals surface area contributed by atoms with E-state index in [0.717, 1.165) is 22.7 Å². The van der Waals surface area contributed by atoms with Gasteiger partial charge in [0, 0.05) is 33.4 Å². The Morgan fingerprint density at radius 2 is 0.750 bits per heavy atom. The molecule has 0 atom stereocenters. The lowest BCUT2D eigenvalue weighted by molar-refractivity contribution is 0.768. The molecule has 0 saturated heterocycles. The van der Waals surface area contributed by atoms with Crippen LogP contribution in [-0.4, -0.2) is 4.57 Å². The molecule has 0 amide bonds. The summed E-state index contributed by atoms with van der Waals surface area (Å²) in [7, 11) is 0. The zero-order valence-corrected chi connectivity index (χ0v) is 41.6. The summed E-state index contributed by atoms with van der Waals surface area (Å²) in [5.74, 6) is 0. The molecule has 0 unspecified atom stereocenters. The van der Waals surface area contributed by atoms with E-state index in [1.54, 1.807) is 0 Å². The first-order valence-corrected chi connectivity index (χ1v) is 26.5. The van der Waals surface area contributed by atoms with Gasteiger partial charge in [0.2, 0.25) is 0 Å². The summed E-state index contributed by atoms with van der Waals surface area (Å²) in [5, 5.41) is 2.49. The van der Waals surface area contributed by atoms with Crippen LogP contribution < -0.4 is 4.90 Å². The highest BCUT2D eigenvalue weighted by molar-refractivity contribution is 6.10. The third kappa shape index (κ3) is 5.76. The zero-order chi connectivity index (χ0) is 50.0. The predicted octanol–water partition coefficient (Wildman–Crippen LogP) is 18.6. The highest BCUT2D eigenvalue weighted by Gasteiger charge is 2.52. The lowest BCUT2D eigenvalue weighted by atomic mass is 9.68. The number of aromatic nitrogens is 1. The number of fused-ring (bicyclic) bond motifs is 16. The van der Waals surface area contributed by atoms with Gasteiger partial charge in [-0.1, -0.05) is 231 Å². The molecule has 0 fully saturated rings. The Kier molecular flexibility index (Phi) is 9.20. The molecule has 1 heterocycles. The monoisotopic (exact) mass is 964 g/mol. The van der Waals surface area contributed by atoms with E-state index < -0.39 is 10.8 Å². The Balaban J connectivity index is 0.924. The average molecular weight is 965 g/mol. The molecule has 76 heavy (non-hydrogen) atoms. The fourth-order valence-electron chi connectivity index (χ4n) is 14.1. The Morgan fingerprint density at radius 3 is 1.41 bits per heavy atom. The van der Waals surface area contributed by atoms with Gasteiger partial charge in [0.25, 0.3) is 0 Å². The molecule has 0 saturated carbocycles. The van der Waals surface area contributed by atoms with Gasteiger partial charge in [-0.15, -0.1) is 0 Å². The number of rotatable bonds is 7. The molecule has 12 aromatic carbocycles. The van der Waals surface area contributed by atoms with Crippen molar-refractivity contribution < 1.29 is 0 Å². The lowest BCUT2D eigenvalue weighted by Crippen LogP contribution is -2.28. The Labute approximate surface area is 442 Å². The molecule has 0 aliphatic heterocycles. The largest absolute Gasteiger partial charge is 0.310 e. The van der Waals surface area contributed by atoms with E-state index in [-0.39, 0.29) is 0 Å². The molecule has 2 heteroatoms. The second-order valence-electron chi connectivity index (χ2n) is 20.6. The maximum absolute atomic E-state index is 2.54. The van der Waals surface area contributed by atoms with Crippen LogP contribution in [0.3, 0.4) is 0 Å². The van der Waals surface area contributed by atoms with Gasteiger partial charge in [0.1, 0.15) is 0 Å². The molecule has 354 valence electrons. The minimum atomic E-state index is -0.503. The van der Waals surface area contributed by atoms with E-state index in [1.807, 2.05) is 0 Å². The number of para-hydroxylation sites is 2. The maximum atomic E-state index is 2.54. The van der Waals surface area contributed by atoms with Gasteiger partial charge in [0.05, 0.1) is 27.6 Å². The third-order valence-corrected chi connectivity index (χ3v) is 17.1. The Bertz CT molecular complexity index is 4370. The Morgan fingerprint density at radius 1 is 0.276 bits per heavy atom. The highest BCUT2D eigenvalue weighted by atomic mass is 15.1. The van der Waals surface area contributed by atoms with E-state index >= 15 is 0 Å². The summed E-state index contributed by atoms with van der Waals surface area (Å²) >= 11 is 0. The van der Waals surface area contributed by atoms with E-state index in [9.17, 15) is 0 Å². The van der Waals surface area contributed by atoms with Gasteiger partial charge < -0.3 is 9.47 Å². The van der Waals surface area contributed by atoms with E-state index in [4.69, 9.17) is 0 Å². The van der Waals surface area contributed by atoms with Crippen LogP contribution in [0.4, 0.5) is 17.1 Å². The topological polar surface area (TPSA) is 8.17 Å². The van der Waals surface area contributed by atoms with Crippen molar-refractivity contribution in [2.75, 3.05) is 4.90 Å². The summed E-state index contributed by atoms with van der Waals surface area (Å²) in [6, 6.07) is 109. The lowest BCUT2D eigenvalue weighted by Gasteiger charge is -2.34. The van der Waals surface area contributed by atoms with Crippen molar-refractivity contribution in [3.05, 3.63) is 336 Å². The van der Waals surface area contributed by atoms with Crippen molar-refractivity contribution in [1.29, 1.82) is 0 Å². The number of benzene rings is 12. The highest BCUT2D eigenvalue weighted by Crippen LogP contribution is 2.65. The Hall–Kier alpha value is -9.76. The van der Waals surface area contributed by atoms with Gasteiger partial charge in [0.15, 0.2) is 0 Å². The zero-order valence-electron chi connectivity index (χ0n) is 41.6. The van der Waals surface area contributed by atoms with Gasteiger partial charge in [-0.05, 0) is 144 Å². The minimum absolute atomic E-state index is 0.477. The molecule has 13 aromatic rings. The normalized spacial score (nSPS) is 13.7. The standard InChI is InChI=1S/C74H48N2/c1-4-21-51(22-5-1)73(52-23-6-2-7-24-52)63-32-15-12-29-58(63)61-48-55(44-45-67(61)73)75(54-42-39-49(40-43-54)50-41-46-70-62(47-50)59-30-14-19-37-69(59)76(70)53-25-8-3-9-26-53)71-38-20-36-68-72(71)60-31-13-18-35-66(60)74(68)64-33-16-10-27-56(64)57-28-11-17-34-65(57)74/h1-48H. The summed E-state index contributed by atoms with van der Waals surface area (Å²) in [6.07, 6.45) is 0. The van der Waals surface area contributed by atoms with E-state index in [0.29, 0.717) is 0 Å². The first-order chi connectivity index (χ1) is 37.7. The molecule has 16 rings (SSSR count). The number of hydrogen-bond acceptors (Lipinski definition) is 1. The van der Waals surface area contributed by atoms with Crippen molar-refractivity contribution in [3.63, 3.8) is 0 Å². The SMILES string of the molecule is c1ccc(-n2c3ccccc3c3cc(-c4ccc(N(c5ccc6c(c5)-c5ccccc5C6(c5ccccc5)c5ccccc5)c5cccc6c5-c5ccccc5C65c6ccccc6-c6ccccc65)cc4)ccc32)cc1. The summed E-state index contributed by atoms with van der Waals surface area (Å²) in [4.78, 5) is 2.54. The minimum Gasteiger partial charge on any atom is -0.310 e. The molecule has 3 aliphatic carbocycles. The fraction of sp³-hybridized carbons (Fsp3) is 0.0270. The van der Waals surface area contributed by atoms with Crippen molar-refractivity contribution in [1.82, 2.24) is 4.57 Å². The number of anilines is 3. The van der Waals surface area contributed by atoms with Crippen LogP contribution in [0, 0.1) is 0 Å². The molecule has 0 bridgehead atoms. The van der Waals surface area contributed by atoms with Crippen LogP contribution in [0.5, 0.6) is 0 Å². The van der Waals surface area contributed by atoms with Gasteiger partial charge >= 0.3 is 0 Å². The summed E-state index contributed by atoms with van der Waals surface area (Å²) < 4.78 is 2.39. The van der Waals surface area contributed by atoms with E-state index in [1.165, 1.54) is 111 Å². The van der Waals surface area contributed by atoms with Crippen molar-refractivity contribution >= 4 is 38.9 Å². The van der Waals surface area contributed by atoms with Crippen LogP contribution in [0.2, 0.25) is 0 Å². The fourth-order valence-corrected chi connectivity index (χ4v) is 14.1. The maximum Gasteiger partial charge on any atom is 0.0726 e. The first-order valence-electron chi connectivity index (χ1n) is 26.5. The average Bonchev–Trinajstić information content (AvgIpc) is 4.35. The van der Waals surface area contributed by atoms with Crippen LogP contribution in [0.25, 0.3) is 72.0 Å². The molecule has 0 N–H and O–H groups in total. The molecule has 2 nitrogen and oxygen atoms in total. The number of nitrogens with zero attached hydrogens (tertiary/aromatic N) is 2. The molecule has 3 aliphatic rings. The third-order valence-electron chi connectivity index (χ3n) is 17.1. The van der Waals surface area contributed by atoms with E-state index in [2.05, 4.69) is 301 Å². The molecule has 1 aromatic heterocycles. The van der Waals surface area contributed by atoms with Gasteiger partial charge in [-0.25, -0.2) is 0 Å². The second-order valence-corrected chi connectivity index (χ2v) is 20.6. The van der Waals surface area contributed by atoms with Crippen LogP contribution in [0.15, 0.2) is 291 Å². The number of hydrogen-bond donors (Lipinski definition) is 0. The second kappa shape index (κ2) is 16.4. The molecule has 1 spiro atoms. The van der Waals surface area contributed by atoms with Crippen LogP contribution in [0.1, 0.15) is 44.5 Å². The summed E-state index contributed by atoms with van der Waals surface area (Å²) in [5.41, 5.74) is 26.3. The molecular weight excluding hydrogens is 917 g/mol. The quantitative estimate of drug-likeness (QED) is 0.155. The molecular formula is C74H48N2. The predicted molar refractivity (Wildman–Crippen MR) is 315 cm³/mol. The van der Waals surface area contributed by atoms with Gasteiger partial charge in [-0.2, -0.15) is 0 Å². The molecule has 0 radical (unpaired) electrons. The van der Waals surface area contributed by atoms with Gasteiger partial charge in [-0.3, -0.25) is 0 Å². The first kappa shape index (κ1) is 42.7. The van der Waals surface area contributed by atoms with Crippen molar-refractivity contribution in [2.45, 2.75) is 10.8 Å². The van der Waals surface area contributed by atoms with Crippen LogP contribution in [-0.2, 0) is 10.8 Å². The van der Waals surface area contributed by atoms with Crippen LogP contribution >= 0.6 is 0 Å². The van der Waals surface area contributed by atoms with Crippen molar-refractivity contribution in [3.8, 4) is 50.2 Å². The smallest absolute Gasteiger partial charge is 0.0726 e.